The summed E-state index contributed by atoms with van der Waals surface area (Å²) < 4.78 is 5.84. The number of halogens is 1. The molecule has 0 saturated heterocycles. The van der Waals surface area contributed by atoms with Crippen LogP contribution in [0.4, 0.5) is 0 Å². The van der Waals surface area contributed by atoms with Gasteiger partial charge in [0.25, 0.3) is 0 Å². The van der Waals surface area contributed by atoms with Gasteiger partial charge < -0.3 is 4.74 Å². The highest BCUT2D eigenvalue weighted by atomic mass is 35.5. The van der Waals surface area contributed by atoms with Crippen molar-refractivity contribution in [2.24, 2.45) is 0 Å². The van der Waals surface area contributed by atoms with Crippen molar-refractivity contribution in [1.29, 1.82) is 0 Å². The molecule has 86 valence electrons. The van der Waals surface area contributed by atoms with Gasteiger partial charge in [-0.15, -0.1) is 0 Å². The normalized spacial score (nSPS) is 21.3. The Balaban J connectivity index is 1.76. The van der Waals surface area contributed by atoms with Crippen molar-refractivity contribution in [3.63, 3.8) is 0 Å². The van der Waals surface area contributed by atoms with Crippen LogP contribution in [0.25, 0.3) is 0 Å². The van der Waals surface area contributed by atoms with Gasteiger partial charge in [0.1, 0.15) is 17.1 Å². The van der Waals surface area contributed by atoms with E-state index in [9.17, 15) is 0 Å². The Bertz CT molecular complexity index is 387. The van der Waals surface area contributed by atoms with E-state index in [0.29, 0.717) is 23.1 Å². The zero-order chi connectivity index (χ0) is 11.0. The lowest BCUT2D eigenvalue weighted by Crippen LogP contribution is -2.12. The van der Waals surface area contributed by atoms with Gasteiger partial charge in [-0.25, -0.2) is 4.98 Å². The fourth-order valence-electron chi connectivity index (χ4n) is 2.18. The summed E-state index contributed by atoms with van der Waals surface area (Å²) in [6.45, 7) is 0. The Labute approximate surface area is 100 Å². The van der Waals surface area contributed by atoms with E-state index >= 15 is 0 Å². The smallest absolute Gasteiger partial charge is 0.218 e. The van der Waals surface area contributed by atoms with Gasteiger partial charge >= 0.3 is 0 Å². The van der Waals surface area contributed by atoms with Crippen molar-refractivity contribution < 1.29 is 4.74 Å². The number of rotatable bonds is 3. The van der Waals surface area contributed by atoms with Crippen LogP contribution in [0, 0.1) is 0 Å². The molecule has 4 heteroatoms. The van der Waals surface area contributed by atoms with Gasteiger partial charge in [-0.05, 0) is 38.5 Å². The summed E-state index contributed by atoms with van der Waals surface area (Å²) in [5.41, 5.74) is 0. The first-order valence-electron chi connectivity index (χ1n) is 6.02. The summed E-state index contributed by atoms with van der Waals surface area (Å²) in [4.78, 5) is 8.69. The lowest BCUT2D eigenvalue weighted by molar-refractivity contribution is 0.200. The zero-order valence-corrected chi connectivity index (χ0v) is 9.91. The lowest BCUT2D eigenvalue weighted by Gasteiger charge is -2.12. The SMILES string of the molecule is Clc1cc(OC2CCCC2)nc(C2CC2)n1. The maximum atomic E-state index is 5.98. The number of hydrogen-bond acceptors (Lipinski definition) is 3. The summed E-state index contributed by atoms with van der Waals surface area (Å²) in [6.07, 6.45) is 7.50. The van der Waals surface area contributed by atoms with E-state index in [1.807, 2.05) is 0 Å². The van der Waals surface area contributed by atoms with Crippen LogP contribution < -0.4 is 4.74 Å². The van der Waals surface area contributed by atoms with E-state index in [2.05, 4.69) is 9.97 Å². The van der Waals surface area contributed by atoms with E-state index in [1.54, 1.807) is 6.07 Å². The fourth-order valence-corrected chi connectivity index (χ4v) is 2.36. The van der Waals surface area contributed by atoms with Gasteiger partial charge in [0.05, 0.1) is 0 Å². The molecule has 2 saturated carbocycles. The maximum Gasteiger partial charge on any atom is 0.218 e. The average molecular weight is 239 g/mol. The second kappa shape index (κ2) is 4.21. The van der Waals surface area contributed by atoms with Crippen LogP contribution in [0.5, 0.6) is 5.88 Å². The first kappa shape index (κ1) is 10.3. The molecule has 0 unspecified atom stereocenters. The van der Waals surface area contributed by atoms with Gasteiger partial charge in [0.15, 0.2) is 0 Å². The van der Waals surface area contributed by atoms with Gasteiger partial charge in [-0.3, -0.25) is 0 Å². The van der Waals surface area contributed by atoms with Gasteiger partial charge in [-0.1, -0.05) is 11.6 Å². The molecular weight excluding hydrogens is 224 g/mol. The first-order valence-corrected chi connectivity index (χ1v) is 6.40. The molecule has 0 aromatic carbocycles. The molecule has 3 rings (SSSR count). The van der Waals surface area contributed by atoms with E-state index in [0.717, 1.165) is 18.7 Å². The molecule has 3 nitrogen and oxygen atoms in total. The highest BCUT2D eigenvalue weighted by Gasteiger charge is 2.28. The molecule has 0 bridgehead atoms. The summed E-state index contributed by atoms with van der Waals surface area (Å²) in [5.74, 6) is 2.04. The Morgan fingerprint density at radius 2 is 1.88 bits per heavy atom. The predicted octanol–water partition coefficient (Wildman–Crippen LogP) is 3.33. The van der Waals surface area contributed by atoms with Crippen molar-refractivity contribution in [1.82, 2.24) is 9.97 Å². The number of nitrogens with zero attached hydrogens (tertiary/aromatic N) is 2. The van der Waals surface area contributed by atoms with Crippen molar-refractivity contribution in [3.8, 4) is 5.88 Å². The molecule has 0 atom stereocenters. The molecule has 0 radical (unpaired) electrons. The highest BCUT2D eigenvalue weighted by molar-refractivity contribution is 6.29. The van der Waals surface area contributed by atoms with Crippen molar-refractivity contribution in [3.05, 3.63) is 17.0 Å². The van der Waals surface area contributed by atoms with Crippen LogP contribution in [0.1, 0.15) is 50.3 Å². The van der Waals surface area contributed by atoms with Crippen LogP contribution in [0.2, 0.25) is 5.15 Å². The second-order valence-corrected chi connectivity index (χ2v) is 5.07. The highest BCUT2D eigenvalue weighted by Crippen LogP contribution is 2.39. The molecule has 0 aliphatic heterocycles. The quantitative estimate of drug-likeness (QED) is 0.758. The monoisotopic (exact) mass is 238 g/mol. The van der Waals surface area contributed by atoms with Crippen molar-refractivity contribution in [2.75, 3.05) is 0 Å². The Hall–Kier alpha value is -0.830. The first-order chi connectivity index (χ1) is 7.81. The molecule has 2 aliphatic rings. The van der Waals surface area contributed by atoms with Crippen LogP contribution >= 0.6 is 11.6 Å². The molecule has 1 heterocycles. The minimum atomic E-state index is 0.331. The van der Waals surface area contributed by atoms with Crippen molar-refractivity contribution in [2.45, 2.75) is 50.5 Å². The van der Waals surface area contributed by atoms with Crippen LogP contribution in [-0.2, 0) is 0 Å². The Morgan fingerprint density at radius 3 is 2.56 bits per heavy atom. The van der Waals surface area contributed by atoms with Crippen LogP contribution in [0.15, 0.2) is 6.07 Å². The fraction of sp³-hybridized carbons (Fsp3) is 0.667. The minimum Gasteiger partial charge on any atom is -0.474 e. The van der Waals surface area contributed by atoms with Crippen LogP contribution in [0.3, 0.4) is 0 Å². The Morgan fingerprint density at radius 1 is 1.12 bits per heavy atom. The van der Waals surface area contributed by atoms with Crippen LogP contribution in [-0.4, -0.2) is 16.1 Å². The third kappa shape index (κ3) is 2.29. The molecular formula is C12H15ClN2O. The minimum absolute atomic E-state index is 0.331. The third-order valence-electron chi connectivity index (χ3n) is 3.22. The largest absolute Gasteiger partial charge is 0.474 e. The summed E-state index contributed by atoms with van der Waals surface area (Å²) in [7, 11) is 0. The topological polar surface area (TPSA) is 35.0 Å². The van der Waals surface area contributed by atoms with E-state index in [1.165, 1.54) is 25.7 Å². The molecule has 2 aliphatic carbocycles. The molecule has 0 amide bonds. The van der Waals surface area contributed by atoms with Gasteiger partial charge in [0.2, 0.25) is 5.88 Å². The number of aromatic nitrogens is 2. The van der Waals surface area contributed by atoms with Gasteiger partial charge in [0, 0.05) is 12.0 Å². The number of hydrogen-bond donors (Lipinski definition) is 0. The van der Waals surface area contributed by atoms with E-state index in [4.69, 9.17) is 16.3 Å². The summed E-state index contributed by atoms with van der Waals surface area (Å²) >= 11 is 5.98. The summed E-state index contributed by atoms with van der Waals surface area (Å²) in [6, 6.07) is 1.73. The molecule has 1 aromatic rings. The number of ether oxygens (including phenoxy) is 1. The molecule has 0 spiro atoms. The van der Waals surface area contributed by atoms with Crippen molar-refractivity contribution >= 4 is 11.6 Å². The third-order valence-corrected chi connectivity index (χ3v) is 3.41. The van der Waals surface area contributed by atoms with Gasteiger partial charge in [-0.2, -0.15) is 4.98 Å². The molecule has 0 N–H and O–H groups in total. The standard InChI is InChI=1S/C12H15ClN2O/c13-10-7-11(16-9-3-1-2-4-9)15-12(14-10)8-5-6-8/h7-9H,1-6H2. The predicted molar refractivity (Wildman–Crippen MR) is 61.9 cm³/mol. The van der Waals surface area contributed by atoms with E-state index in [-0.39, 0.29) is 0 Å². The lowest BCUT2D eigenvalue weighted by atomic mass is 10.3. The second-order valence-electron chi connectivity index (χ2n) is 4.69. The zero-order valence-electron chi connectivity index (χ0n) is 9.16. The molecule has 16 heavy (non-hydrogen) atoms. The summed E-state index contributed by atoms with van der Waals surface area (Å²) in [5, 5.41) is 0.505. The maximum absolute atomic E-state index is 5.98. The molecule has 1 aromatic heterocycles. The van der Waals surface area contributed by atoms with E-state index < -0.39 is 0 Å². The average Bonchev–Trinajstić information content (AvgIpc) is 2.98. The Kier molecular flexibility index (Phi) is 2.72. The molecule has 2 fully saturated rings.